The van der Waals surface area contributed by atoms with Crippen LogP contribution in [0.5, 0.6) is 0 Å². The third-order valence-electron chi connectivity index (χ3n) is 4.66. The van der Waals surface area contributed by atoms with Crippen molar-refractivity contribution < 1.29 is 0 Å². The van der Waals surface area contributed by atoms with Gasteiger partial charge in [-0.1, -0.05) is 25.1 Å². The monoisotopic (exact) mass is 271 g/mol. The van der Waals surface area contributed by atoms with E-state index in [9.17, 15) is 0 Å². The van der Waals surface area contributed by atoms with Gasteiger partial charge in [0.1, 0.15) is 0 Å². The maximum atomic E-state index is 5.95. The highest BCUT2D eigenvalue weighted by molar-refractivity contribution is 5.86. The Morgan fingerprint density at radius 2 is 2.15 bits per heavy atom. The molecule has 108 valence electrons. The van der Waals surface area contributed by atoms with Gasteiger partial charge in [-0.15, -0.1) is 0 Å². The van der Waals surface area contributed by atoms with Crippen molar-refractivity contribution in [2.24, 2.45) is 11.7 Å². The van der Waals surface area contributed by atoms with E-state index in [1.807, 2.05) is 0 Å². The number of H-pyrrole nitrogens is 1. The summed E-state index contributed by atoms with van der Waals surface area (Å²) in [5, 5.41) is 1.36. The molecule has 0 amide bonds. The summed E-state index contributed by atoms with van der Waals surface area (Å²) < 4.78 is 0. The zero-order valence-corrected chi connectivity index (χ0v) is 12.5. The molecular formula is C17H25N3. The first-order valence-electron chi connectivity index (χ1n) is 7.72. The molecular weight excluding hydrogens is 246 g/mol. The van der Waals surface area contributed by atoms with Crippen LogP contribution in [0.3, 0.4) is 0 Å². The van der Waals surface area contributed by atoms with Gasteiger partial charge in [-0.3, -0.25) is 4.90 Å². The normalized spacial score (nSPS) is 17.0. The second kappa shape index (κ2) is 5.58. The lowest BCUT2D eigenvalue weighted by Gasteiger charge is -2.26. The predicted octanol–water partition coefficient (Wildman–Crippen LogP) is 2.90. The van der Waals surface area contributed by atoms with Crippen LogP contribution in [0, 0.1) is 5.92 Å². The first kappa shape index (κ1) is 13.7. The number of fused-ring (bicyclic) bond motifs is 1. The summed E-state index contributed by atoms with van der Waals surface area (Å²) in [5.74, 6) is 0.821. The maximum Gasteiger partial charge on any atom is 0.0489 e. The van der Waals surface area contributed by atoms with Gasteiger partial charge in [0.25, 0.3) is 0 Å². The summed E-state index contributed by atoms with van der Waals surface area (Å²) in [4.78, 5) is 5.89. The molecule has 1 saturated carbocycles. The average molecular weight is 271 g/mol. The van der Waals surface area contributed by atoms with Gasteiger partial charge in [0.2, 0.25) is 0 Å². The SMILES string of the molecule is CCc1cccc2c(CN(C)C(CN)C3CC3)c[nH]c12. The summed E-state index contributed by atoms with van der Waals surface area (Å²) in [5.41, 5.74) is 10.0. The Balaban J connectivity index is 1.83. The van der Waals surface area contributed by atoms with Gasteiger partial charge in [-0.05, 0) is 43.4 Å². The molecule has 0 bridgehead atoms. The number of nitrogens with zero attached hydrogens (tertiary/aromatic N) is 1. The molecule has 1 aromatic heterocycles. The molecule has 2 aromatic rings. The third-order valence-corrected chi connectivity index (χ3v) is 4.66. The highest BCUT2D eigenvalue weighted by Gasteiger charge is 2.32. The second-order valence-corrected chi connectivity index (χ2v) is 6.06. The largest absolute Gasteiger partial charge is 0.361 e. The van der Waals surface area contributed by atoms with E-state index in [2.05, 4.69) is 48.3 Å². The summed E-state index contributed by atoms with van der Waals surface area (Å²) >= 11 is 0. The van der Waals surface area contributed by atoms with Crippen molar-refractivity contribution >= 4 is 10.9 Å². The van der Waals surface area contributed by atoms with Crippen LogP contribution in [-0.4, -0.2) is 29.5 Å². The van der Waals surface area contributed by atoms with Crippen LogP contribution in [0.15, 0.2) is 24.4 Å². The summed E-state index contributed by atoms with van der Waals surface area (Å²) in [7, 11) is 2.21. The number of hydrogen-bond donors (Lipinski definition) is 2. The number of aromatic amines is 1. The van der Waals surface area contributed by atoms with Gasteiger partial charge in [0.15, 0.2) is 0 Å². The summed E-state index contributed by atoms with van der Waals surface area (Å²) in [6.07, 6.45) is 5.93. The number of aromatic nitrogens is 1. The number of benzene rings is 1. The van der Waals surface area contributed by atoms with E-state index in [0.29, 0.717) is 6.04 Å². The average Bonchev–Trinajstić information content (AvgIpc) is 3.21. The Hall–Kier alpha value is -1.32. The molecule has 1 aliphatic rings. The fourth-order valence-corrected chi connectivity index (χ4v) is 3.30. The van der Waals surface area contributed by atoms with E-state index in [1.54, 1.807) is 0 Å². The van der Waals surface area contributed by atoms with Crippen LogP contribution in [0.25, 0.3) is 10.9 Å². The van der Waals surface area contributed by atoms with Crippen LogP contribution >= 0.6 is 0 Å². The molecule has 3 rings (SSSR count). The van der Waals surface area contributed by atoms with E-state index >= 15 is 0 Å². The highest BCUT2D eigenvalue weighted by atomic mass is 15.1. The number of nitrogens with two attached hydrogens (primary N) is 1. The Morgan fingerprint density at radius 1 is 1.35 bits per heavy atom. The van der Waals surface area contributed by atoms with Crippen LogP contribution in [0.1, 0.15) is 30.9 Å². The fourth-order valence-electron chi connectivity index (χ4n) is 3.30. The number of aryl methyl sites for hydroxylation is 1. The van der Waals surface area contributed by atoms with Gasteiger partial charge in [-0.25, -0.2) is 0 Å². The topological polar surface area (TPSA) is 45.0 Å². The van der Waals surface area contributed by atoms with Crippen molar-refractivity contribution in [3.05, 3.63) is 35.5 Å². The molecule has 0 radical (unpaired) electrons. The van der Waals surface area contributed by atoms with Crippen molar-refractivity contribution in [1.29, 1.82) is 0 Å². The molecule has 1 heterocycles. The molecule has 1 aliphatic carbocycles. The predicted molar refractivity (Wildman–Crippen MR) is 84.7 cm³/mol. The number of likely N-dealkylation sites (N-methyl/N-ethyl adjacent to an activating group) is 1. The zero-order valence-electron chi connectivity index (χ0n) is 12.5. The van der Waals surface area contributed by atoms with Gasteiger partial charge < -0.3 is 10.7 Å². The molecule has 0 aliphatic heterocycles. The van der Waals surface area contributed by atoms with Crippen molar-refractivity contribution in [3.8, 4) is 0 Å². The molecule has 1 unspecified atom stereocenters. The number of nitrogens with one attached hydrogen (secondary N) is 1. The van der Waals surface area contributed by atoms with E-state index in [1.165, 1.54) is 34.9 Å². The molecule has 3 nitrogen and oxygen atoms in total. The molecule has 0 spiro atoms. The van der Waals surface area contributed by atoms with Gasteiger partial charge in [-0.2, -0.15) is 0 Å². The van der Waals surface area contributed by atoms with Gasteiger partial charge in [0, 0.05) is 36.2 Å². The van der Waals surface area contributed by atoms with E-state index in [4.69, 9.17) is 5.73 Å². The lowest BCUT2D eigenvalue weighted by Crippen LogP contribution is -2.39. The van der Waals surface area contributed by atoms with Gasteiger partial charge >= 0.3 is 0 Å². The number of hydrogen-bond acceptors (Lipinski definition) is 2. The molecule has 20 heavy (non-hydrogen) atoms. The van der Waals surface area contributed by atoms with Crippen molar-refractivity contribution in [2.45, 2.75) is 38.8 Å². The Labute approximate surface area is 121 Å². The van der Waals surface area contributed by atoms with Crippen LogP contribution in [0.4, 0.5) is 0 Å². The second-order valence-electron chi connectivity index (χ2n) is 6.06. The number of rotatable bonds is 6. The fraction of sp³-hybridized carbons (Fsp3) is 0.529. The minimum absolute atomic E-state index is 0.536. The zero-order chi connectivity index (χ0) is 14.1. The summed E-state index contributed by atoms with van der Waals surface area (Å²) in [6, 6.07) is 7.14. The molecule has 0 saturated heterocycles. The Bertz CT molecular complexity index is 583. The van der Waals surface area contributed by atoms with Crippen molar-refractivity contribution in [2.75, 3.05) is 13.6 Å². The first-order valence-corrected chi connectivity index (χ1v) is 7.72. The molecule has 1 fully saturated rings. The van der Waals surface area contributed by atoms with Crippen LogP contribution < -0.4 is 5.73 Å². The highest BCUT2D eigenvalue weighted by Crippen LogP contribution is 2.35. The van der Waals surface area contributed by atoms with E-state index in [0.717, 1.165) is 25.4 Å². The smallest absolute Gasteiger partial charge is 0.0489 e. The van der Waals surface area contributed by atoms with Crippen molar-refractivity contribution in [3.63, 3.8) is 0 Å². The van der Waals surface area contributed by atoms with E-state index in [-0.39, 0.29) is 0 Å². The van der Waals surface area contributed by atoms with Crippen molar-refractivity contribution in [1.82, 2.24) is 9.88 Å². The van der Waals surface area contributed by atoms with E-state index < -0.39 is 0 Å². The lowest BCUT2D eigenvalue weighted by molar-refractivity contribution is 0.216. The third kappa shape index (κ3) is 2.48. The maximum absolute atomic E-state index is 5.95. The number of para-hydroxylation sites is 1. The Kier molecular flexibility index (Phi) is 3.81. The summed E-state index contributed by atoms with van der Waals surface area (Å²) in [6.45, 7) is 3.95. The quantitative estimate of drug-likeness (QED) is 0.848. The first-order chi connectivity index (χ1) is 9.74. The molecule has 1 atom stereocenters. The molecule has 3 N–H and O–H groups in total. The van der Waals surface area contributed by atoms with Gasteiger partial charge in [0.05, 0.1) is 0 Å². The lowest BCUT2D eigenvalue weighted by atomic mass is 10.1. The minimum atomic E-state index is 0.536. The standard InChI is InChI=1S/C17H25N3/c1-3-12-5-4-6-15-14(10-19-17(12)15)11-20(2)16(9-18)13-7-8-13/h4-6,10,13,16,19H,3,7-9,11,18H2,1-2H3. The van der Waals surface area contributed by atoms with Crippen LogP contribution in [-0.2, 0) is 13.0 Å². The van der Waals surface area contributed by atoms with Crippen LogP contribution in [0.2, 0.25) is 0 Å². The molecule has 1 aromatic carbocycles. The minimum Gasteiger partial charge on any atom is -0.361 e. The molecule has 3 heteroatoms. The Morgan fingerprint density at radius 3 is 2.80 bits per heavy atom.